The van der Waals surface area contributed by atoms with Gasteiger partial charge in [-0.2, -0.15) is 0 Å². The summed E-state index contributed by atoms with van der Waals surface area (Å²) in [4.78, 5) is 0. The molecule has 0 aliphatic heterocycles. The molecular weight excluding hydrogens is 351 g/mol. The van der Waals surface area contributed by atoms with Crippen LogP contribution >= 0.6 is 7.26 Å². The van der Waals surface area contributed by atoms with Crippen molar-refractivity contribution in [3.63, 3.8) is 0 Å². The minimum Gasteiger partial charge on any atom is -1.00 e. The minimum absolute atomic E-state index is 0. The molecule has 0 N–H and O–H groups in total. The molecule has 0 atom stereocenters. The fourth-order valence-electron chi connectivity index (χ4n) is 2.79. The van der Waals surface area contributed by atoms with Crippen LogP contribution in [0.2, 0.25) is 0 Å². The fraction of sp³-hybridized carbons (Fsp3) is 0.600. The molecule has 0 unspecified atom stereocenters. The fourth-order valence-corrected chi connectivity index (χ4v) is 7.23. The van der Waals surface area contributed by atoms with Crippen LogP contribution in [0, 0.1) is 0 Å². The van der Waals surface area contributed by atoms with Gasteiger partial charge in [-0.25, -0.2) is 0 Å². The molecule has 0 aromatic heterocycles. The van der Waals surface area contributed by atoms with Crippen molar-refractivity contribution in [1.29, 1.82) is 0 Å². The zero-order valence-electron chi connectivity index (χ0n) is 14.7. The van der Waals surface area contributed by atoms with Crippen LogP contribution in [0.3, 0.4) is 0 Å². The molecule has 1 aromatic carbocycles. The Labute approximate surface area is 149 Å². The number of hydrogen-bond donors (Lipinski definition) is 0. The van der Waals surface area contributed by atoms with Gasteiger partial charge >= 0.3 is 0 Å². The van der Waals surface area contributed by atoms with Crippen molar-refractivity contribution >= 4 is 13.3 Å². The van der Waals surface area contributed by atoms with Gasteiger partial charge in [-0.15, -0.1) is 0 Å². The number of unbranched alkanes of at least 4 members (excludes halogenated alkanes) is 3. The van der Waals surface area contributed by atoms with Crippen LogP contribution in [0.4, 0.5) is 0 Å². The van der Waals surface area contributed by atoms with E-state index in [0.717, 1.165) is 0 Å². The van der Waals surface area contributed by atoms with Crippen molar-refractivity contribution in [2.45, 2.75) is 59.3 Å². The first-order valence-electron chi connectivity index (χ1n) is 8.86. The summed E-state index contributed by atoms with van der Waals surface area (Å²) in [6, 6.07) is 10.8. The number of halogens is 1. The lowest BCUT2D eigenvalue weighted by Crippen LogP contribution is -3.00. The van der Waals surface area contributed by atoms with Gasteiger partial charge in [-0.1, -0.05) is 70.4 Å². The average molecular weight is 385 g/mol. The third kappa shape index (κ3) is 8.49. The van der Waals surface area contributed by atoms with Gasteiger partial charge in [-0.3, -0.25) is 0 Å². The van der Waals surface area contributed by atoms with Crippen molar-refractivity contribution in [2.24, 2.45) is 0 Å². The summed E-state index contributed by atoms with van der Waals surface area (Å²) in [5, 5.41) is 0. The smallest absolute Gasteiger partial charge is 0.0635 e. The molecule has 0 spiro atoms. The Bertz CT molecular complexity index is 364. The van der Waals surface area contributed by atoms with Crippen LogP contribution in [0.5, 0.6) is 0 Å². The normalized spacial score (nSPS) is 11.6. The summed E-state index contributed by atoms with van der Waals surface area (Å²) in [7, 11) is -0.892. The van der Waals surface area contributed by atoms with Crippen molar-refractivity contribution in [1.82, 2.24) is 0 Å². The molecule has 1 aromatic rings. The molecule has 0 aliphatic rings. The van der Waals surface area contributed by atoms with Gasteiger partial charge in [0.2, 0.25) is 0 Å². The van der Waals surface area contributed by atoms with Crippen LogP contribution in [-0.4, -0.2) is 18.5 Å². The minimum atomic E-state index is -0.892. The monoisotopic (exact) mass is 384 g/mol. The summed E-state index contributed by atoms with van der Waals surface area (Å²) in [6.45, 7) is 6.99. The van der Waals surface area contributed by atoms with E-state index in [-0.39, 0.29) is 17.0 Å². The molecule has 1 rings (SSSR count). The predicted molar refractivity (Wildman–Crippen MR) is 102 cm³/mol. The van der Waals surface area contributed by atoms with Gasteiger partial charge in [0.25, 0.3) is 0 Å². The molecule has 0 heterocycles. The number of rotatable bonds is 11. The maximum absolute atomic E-state index is 2.66. The first-order valence-corrected chi connectivity index (χ1v) is 11.3. The standard InChI is InChI=1S/C20H34P.BrH/c1-4-7-16-21(17-8-5-2,18-9-6-3)19-15-20-13-11-10-12-14-20;/h10-15,19H,4-9,16-18H2,1-3H3;1H/q+1;/p-1/b19-15+;. The molecule has 0 saturated carbocycles. The van der Waals surface area contributed by atoms with Gasteiger partial charge in [0.1, 0.15) is 0 Å². The summed E-state index contributed by atoms with van der Waals surface area (Å²) < 4.78 is 0. The first kappa shape index (κ1) is 21.9. The van der Waals surface area contributed by atoms with E-state index in [1.165, 1.54) is 62.6 Å². The van der Waals surface area contributed by atoms with Gasteiger partial charge in [0.05, 0.1) is 24.3 Å². The second kappa shape index (κ2) is 13.3. The Kier molecular flexibility index (Phi) is 13.2. The highest BCUT2D eigenvalue weighted by Crippen LogP contribution is 2.62. The van der Waals surface area contributed by atoms with Crippen LogP contribution < -0.4 is 17.0 Å². The van der Waals surface area contributed by atoms with E-state index < -0.39 is 7.26 Å². The third-order valence-electron chi connectivity index (χ3n) is 4.25. The van der Waals surface area contributed by atoms with Crippen molar-refractivity contribution in [3.05, 3.63) is 41.7 Å². The molecule has 22 heavy (non-hydrogen) atoms. The Balaban J connectivity index is 0.00000441. The number of hydrogen-bond acceptors (Lipinski definition) is 0. The predicted octanol–water partition coefficient (Wildman–Crippen LogP) is 4.08. The van der Waals surface area contributed by atoms with Gasteiger partial charge in [0, 0.05) is 7.26 Å². The van der Waals surface area contributed by atoms with E-state index in [1.54, 1.807) is 0 Å². The molecule has 126 valence electrons. The van der Waals surface area contributed by atoms with Crippen molar-refractivity contribution < 1.29 is 17.0 Å². The van der Waals surface area contributed by atoms with Crippen LogP contribution in [0.25, 0.3) is 6.08 Å². The molecule has 0 nitrogen and oxygen atoms in total. The SMILES string of the molecule is CCCC[P+](/C=C/c1ccccc1)(CCCC)CCCC.[Br-]. The topological polar surface area (TPSA) is 0 Å². The zero-order chi connectivity index (χ0) is 15.4. The Morgan fingerprint density at radius 1 is 0.773 bits per heavy atom. The summed E-state index contributed by atoms with van der Waals surface area (Å²) in [5.74, 6) is 2.66. The van der Waals surface area contributed by atoms with E-state index in [9.17, 15) is 0 Å². The Morgan fingerprint density at radius 3 is 1.64 bits per heavy atom. The molecule has 2 heteroatoms. The van der Waals surface area contributed by atoms with Gasteiger partial charge < -0.3 is 17.0 Å². The molecule has 0 aliphatic carbocycles. The highest BCUT2D eigenvalue weighted by molar-refractivity contribution is 7.78. The lowest BCUT2D eigenvalue weighted by molar-refractivity contribution is -0.00000459. The Morgan fingerprint density at radius 2 is 1.23 bits per heavy atom. The van der Waals surface area contributed by atoms with Crippen LogP contribution in [-0.2, 0) is 0 Å². The van der Waals surface area contributed by atoms with E-state index in [0.29, 0.717) is 0 Å². The third-order valence-corrected chi connectivity index (χ3v) is 8.66. The van der Waals surface area contributed by atoms with Crippen LogP contribution in [0.1, 0.15) is 64.9 Å². The van der Waals surface area contributed by atoms with E-state index >= 15 is 0 Å². The highest BCUT2D eigenvalue weighted by Gasteiger charge is 2.32. The Hall–Kier alpha value is -0.130. The molecule has 0 amide bonds. The maximum atomic E-state index is 2.66. The van der Waals surface area contributed by atoms with Gasteiger partial charge in [0.15, 0.2) is 0 Å². The van der Waals surface area contributed by atoms with Crippen molar-refractivity contribution in [3.8, 4) is 0 Å². The summed E-state index contributed by atoms with van der Waals surface area (Å²) >= 11 is 0. The molecule has 0 saturated heterocycles. The number of benzene rings is 1. The second-order valence-electron chi connectivity index (χ2n) is 6.18. The van der Waals surface area contributed by atoms with E-state index in [2.05, 4.69) is 63.0 Å². The quantitative estimate of drug-likeness (QED) is 0.504. The van der Waals surface area contributed by atoms with Gasteiger partial charge in [-0.05, 0) is 30.9 Å². The maximum Gasteiger partial charge on any atom is 0.0635 e. The summed E-state index contributed by atoms with van der Waals surface area (Å²) in [6.07, 6.45) is 15.0. The summed E-state index contributed by atoms with van der Waals surface area (Å²) in [5.41, 5.74) is 1.37. The highest BCUT2D eigenvalue weighted by atomic mass is 79.9. The largest absolute Gasteiger partial charge is 1.00 e. The van der Waals surface area contributed by atoms with E-state index in [4.69, 9.17) is 0 Å². The first-order chi connectivity index (χ1) is 10.3. The molecule has 0 fully saturated rings. The lowest BCUT2D eigenvalue weighted by Gasteiger charge is -2.24. The molecular formula is C20H34BrP. The van der Waals surface area contributed by atoms with E-state index in [1.807, 2.05) is 0 Å². The van der Waals surface area contributed by atoms with Crippen LogP contribution in [0.15, 0.2) is 36.1 Å². The van der Waals surface area contributed by atoms with Crippen molar-refractivity contribution in [2.75, 3.05) is 18.5 Å². The average Bonchev–Trinajstić information content (AvgIpc) is 2.54. The zero-order valence-corrected chi connectivity index (χ0v) is 17.2. The second-order valence-corrected chi connectivity index (χ2v) is 10.3. The molecule has 0 radical (unpaired) electrons. The lowest BCUT2D eigenvalue weighted by atomic mass is 10.2. The molecule has 0 bridgehead atoms.